The first kappa shape index (κ1) is 19.2. The van der Waals surface area contributed by atoms with Crippen LogP contribution in [0, 0.1) is 11.3 Å². The van der Waals surface area contributed by atoms with Gasteiger partial charge in [0.15, 0.2) is 0 Å². The second kappa shape index (κ2) is 10.8. The zero-order valence-corrected chi connectivity index (χ0v) is 13.8. The van der Waals surface area contributed by atoms with Crippen molar-refractivity contribution in [2.45, 2.75) is 13.5 Å². The van der Waals surface area contributed by atoms with E-state index in [4.69, 9.17) is 14.7 Å². The zero-order valence-electron chi connectivity index (χ0n) is 13.8. The van der Waals surface area contributed by atoms with Gasteiger partial charge in [-0.15, -0.1) is 0 Å². The molecule has 0 heterocycles. The van der Waals surface area contributed by atoms with E-state index in [1.54, 1.807) is 31.2 Å². The summed E-state index contributed by atoms with van der Waals surface area (Å²) in [5.74, 6) is -0.823. The molecule has 0 saturated heterocycles. The molecule has 2 N–H and O–H groups in total. The molecule has 0 spiro atoms. The number of carbonyl (C=O) groups is 2. The van der Waals surface area contributed by atoms with Gasteiger partial charge in [0.1, 0.15) is 11.6 Å². The number of nitrogens with one attached hydrogen (secondary N) is 2. The Morgan fingerprint density at radius 2 is 2.00 bits per heavy atom. The van der Waals surface area contributed by atoms with E-state index in [0.717, 1.165) is 5.56 Å². The molecule has 128 valence electrons. The summed E-state index contributed by atoms with van der Waals surface area (Å²) in [6, 6.07) is 8.72. The summed E-state index contributed by atoms with van der Waals surface area (Å²) in [4.78, 5) is 23.3. The quantitative estimate of drug-likeness (QED) is 0.304. The van der Waals surface area contributed by atoms with Crippen molar-refractivity contribution in [2.75, 3.05) is 26.9 Å². The van der Waals surface area contributed by atoms with Crippen LogP contribution in [0.5, 0.6) is 0 Å². The minimum absolute atomic E-state index is 0.0192. The van der Waals surface area contributed by atoms with Crippen molar-refractivity contribution in [1.82, 2.24) is 10.6 Å². The Kier molecular flexibility index (Phi) is 8.64. The molecule has 0 aromatic heterocycles. The number of nitriles is 1. The van der Waals surface area contributed by atoms with Crippen LogP contribution in [0.2, 0.25) is 0 Å². The largest absolute Gasteiger partial charge is 0.462 e. The minimum atomic E-state index is -0.459. The summed E-state index contributed by atoms with van der Waals surface area (Å²) in [6.45, 7) is 3.21. The van der Waals surface area contributed by atoms with Crippen LogP contribution >= 0.6 is 0 Å². The van der Waals surface area contributed by atoms with Crippen LogP contribution < -0.4 is 10.6 Å². The molecule has 1 aromatic carbocycles. The van der Waals surface area contributed by atoms with Gasteiger partial charge < -0.3 is 20.1 Å². The highest BCUT2D eigenvalue weighted by atomic mass is 16.5. The molecule has 1 rings (SSSR count). The average molecular weight is 331 g/mol. The maximum absolute atomic E-state index is 11.7. The predicted octanol–water partition coefficient (Wildman–Crippen LogP) is 1.12. The molecule has 0 aliphatic heterocycles. The Morgan fingerprint density at radius 3 is 2.58 bits per heavy atom. The van der Waals surface area contributed by atoms with E-state index in [2.05, 4.69) is 10.6 Å². The third-order valence-electron chi connectivity index (χ3n) is 2.97. The number of amides is 1. The van der Waals surface area contributed by atoms with Gasteiger partial charge in [0.25, 0.3) is 5.91 Å². The van der Waals surface area contributed by atoms with Gasteiger partial charge in [0.2, 0.25) is 0 Å². The van der Waals surface area contributed by atoms with E-state index in [9.17, 15) is 9.59 Å². The molecule has 0 bridgehead atoms. The van der Waals surface area contributed by atoms with Crippen molar-refractivity contribution in [2.24, 2.45) is 0 Å². The fourth-order valence-corrected chi connectivity index (χ4v) is 1.75. The van der Waals surface area contributed by atoms with Crippen molar-refractivity contribution < 1.29 is 19.1 Å². The highest BCUT2D eigenvalue weighted by Crippen LogP contribution is 2.06. The Bertz CT molecular complexity index is 618. The van der Waals surface area contributed by atoms with E-state index in [-0.39, 0.29) is 11.5 Å². The summed E-state index contributed by atoms with van der Waals surface area (Å²) in [7, 11) is 1.53. The number of hydrogen-bond acceptors (Lipinski definition) is 6. The van der Waals surface area contributed by atoms with Crippen LogP contribution in [0.15, 0.2) is 36.0 Å². The second-order valence-electron chi connectivity index (χ2n) is 4.72. The molecule has 0 aliphatic rings. The molecule has 0 unspecified atom stereocenters. The standard InChI is InChI=1S/C17H21N3O4/c1-3-24-17(22)14-6-4-13(5-7-14)11-19-12-15(10-18)16(21)20-8-9-23-2/h4-7,12,19H,3,8-9,11H2,1-2H3,(H,20,21)/b15-12-. The predicted molar refractivity (Wildman–Crippen MR) is 87.8 cm³/mol. The van der Waals surface area contributed by atoms with Crippen molar-refractivity contribution in [1.29, 1.82) is 5.26 Å². The number of methoxy groups -OCH3 is 1. The first-order valence-corrected chi connectivity index (χ1v) is 7.49. The second-order valence-corrected chi connectivity index (χ2v) is 4.72. The summed E-state index contributed by atoms with van der Waals surface area (Å²) < 4.78 is 9.73. The van der Waals surface area contributed by atoms with E-state index in [1.165, 1.54) is 13.3 Å². The zero-order chi connectivity index (χ0) is 17.8. The molecule has 0 atom stereocenters. The van der Waals surface area contributed by atoms with Crippen LogP contribution in [-0.4, -0.2) is 38.7 Å². The maximum Gasteiger partial charge on any atom is 0.338 e. The summed E-state index contributed by atoms with van der Waals surface area (Å²) >= 11 is 0. The van der Waals surface area contributed by atoms with E-state index in [0.29, 0.717) is 31.9 Å². The summed E-state index contributed by atoms with van der Waals surface area (Å²) in [5.41, 5.74) is 1.36. The fourth-order valence-electron chi connectivity index (χ4n) is 1.75. The lowest BCUT2D eigenvalue weighted by Crippen LogP contribution is -2.28. The van der Waals surface area contributed by atoms with Crippen molar-refractivity contribution in [3.63, 3.8) is 0 Å². The van der Waals surface area contributed by atoms with Gasteiger partial charge in [-0.05, 0) is 24.6 Å². The first-order valence-electron chi connectivity index (χ1n) is 7.49. The number of carbonyl (C=O) groups excluding carboxylic acids is 2. The third kappa shape index (κ3) is 6.50. The van der Waals surface area contributed by atoms with Gasteiger partial charge in [-0.3, -0.25) is 4.79 Å². The number of esters is 1. The van der Waals surface area contributed by atoms with E-state index >= 15 is 0 Å². The maximum atomic E-state index is 11.7. The molecular formula is C17H21N3O4. The van der Waals surface area contributed by atoms with Gasteiger partial charge in [0, 0.05) is 26.4 Å². The summed E-state index contributed by atoms with van der Waals surface area (Å²) in [5, 5.41) is 14.5. The lowest BCUT2D eigenvalue weighted by Gasteiger charge is -2.06. The molecule has 7 heteroatoms. The number of ether oxygens (including phenoxy) is 2. The number of benzene rings is 1. The van der Waals surface area contributed by atoms with Crippen molar-refractivity contribution in [3.05, 3.63) is 47.2 Å². The van der Waals surface area contributed by atoms with Gasteiger partial charge in [-0.2, -0.15) is 5.26 Å². The average Bonchev–Trinajstić information content (AvgIpc) is 2.59. The minimum Gasteiger partial charge on any atom is -0.462 e. The highest BCUT2D eigenvalue weighted by Gasteiger charge is 2.08. The van der Waals surface area contributed by atoms with Crippen LogP contribution in [0.25, 0.3) is 0 Å². The van der Waals surface area contributed by atoms with Gasteiger partial charge >= 0.3 is 5.97 Å². The topological polar surface area (TPSA) is 100 Å². The van der Waals surface area contributed by atoms with E-state index in [1.807, 2.05) is 6.07 Å². The SMILES string of the molecule is CCOC(=O)c1ccc(CN/C=C(/C#N)C(=O)NCCOC)cc1. The molecule has 7 nitrogen and oxygen atoms in total. The van der Waals surface area contributed by atoms with Crippen molar-refractivity contribution in [3.8, 4) is 6.07 Å². The monoisotopic (exact) mass is 331 g/mol. The Balaban J connectivity index is 2.53. The molecule has 0 fully saturated rings. The molecule has 0 saturated carbocycles. The molecule has 24 heavy (non-hydrogen) atoms. The summed E-state index contributed by atoms with van der Waals surface area (Å²) in [6.07, 6.45) is 1.36. The lowest BCUT2D eigenvalue weighted by atomic mass is 10.1. The molecule has 1 aromatic rings. The third-order valence-corrected chi connectivity index (χ3v) is 2.97. The van der Waals surface area contributed by atoms with Crippen LogP contribution in [0.1, 0.15) is 22.8 Å². The Morgan fingerprint density at radius 1 is 1.29 bits per heavy atom. The smallest absolute Gasteiger partial charge is 0.338 e. The Labute approximate surface area is 141 Å². The van der Waals surface area contributed by atoms with Gasteiger partial charge in [-0.1, -0.05) is 12.1 Å². The van der Waals surface area contributed by atoms with Gasteiger partial charge in [-0.25, -0.2) is 4.79 Å². The van der Waals surface area contributed by atoms with Gasteiger partial charge in [0.05, 0.1) is 18.8 Å². The fraction of sp³-hybridized carbons (Fsp3) is 0.353. The molecular weight excluding hydrogens is 310 g/mol. The van der Waals surface area contributed by atoms with Crippen molar-refractivity contribution >= 4 is 11.9 Å². The number of nitrogens with zero attached hydrogens (tertiary/aromatic N) is 1. The van der Waals surface area contributed by atoms with Crippen LogP contribution in [0.3, 0.4) is 0 Å². The lowest BCUT2D eigenvalue weighted by molar-refractivity contribution is -0.117. The number of rotatable bonds is 9. The number of hydrogen-bond donors (Lipinski definition) is 2. The highest BCUT2D eigenvalue weighted by molar-refractivity contribution is 5.97. The Hall–Kier alpha value is -2.85. The van der Waals surface area contributed by atoms with Crippen LogP contribution in [0.4, 0.5) is 0 Å². The van der Waals surface area contributed by atoms with Crippen LogP contribution in [-0.2, 0) is 20.8 Å². The first-order chi connectivity index (χ1) is 11.6. The molecule has 1 amide bonds. The normalized spacial score (nSPS) is 10.6. The van der Waals surface area contributed by atoms with E-state index < -0.39 is 5.91 Å². The molecule has 0 aliphatic carbocycles. The molecule has 0 radical (unpaired) electrons.